The van der Waals surface area contributed by atoms with Crippen LogP contribution in [0.4, 0.5) is 0 Å². The van der Waals surface area contributed by atoms with E-state index < -0.39 is 15.2 Å². The minimum Gasteiger partial charge on any atom is -0.305 e. The van der Waals surface area contributed by atoms with Gasteiger partial charge in [0.15, 0.2) is 0 Å². The van der Waals surface area contributed by atoms with Crippen LogP contribution in [0.3, 0.4) is 0 Å². The molecule has 0 fully saturated rings. The Morgan fingerprint density at radius 1 is 0.649 bits per heavy atom. The SMILES string of the molecule is CCOP(=O)(OCC)C(=CCC(C)CCC=C(C)CCC=C(C)CCC=C(C)C)P(=O)(OCC)OCC. The van der Waals surface area contributed by atoms with Crippen molar-refractivity contribution in [2.75, 3.05) is 26.4 Å². The Kier molecular flexibility index (Phi) is 19.8. The minimum absolute atomic E-state index is 0.0257. The van der Waals surface area contributed by atoms with E-state index in [1.54, 1.807) is 33.8 Å². The second-order valence-corrected chi connectivity index (χ2v) is 13.9. The molecule has 0 aliphatic heterocycles. The fraction of sp³-hybridized carbons (Fsp3) is 0.724. The molecule has 216 valence electrons. The molecule has 0 aromatic carbocycles. The summed E-state index contributed by atoms with van der Waals surface area (Å²) in [4.78, 5) is 0. The molecular weight excluding hydrogens is 506 g/mol. The summed E-state index contributed by atoms with van der Waals surface area (Å²) in [5.74, 6) is 0.282. The summed E-state index contributed by atoms with van der Waals surface area (Å²) in [5, 5.41) is 0.0257. The maximum Gasteiger partial charge on any atom is 0.369 e. The third-order valence-corrected chi connectivity index (χ3v) is 11.1. The van der Waals surface area contributed by atoms with E-state index in [4.69, 9.17) is 18.1 Å². The normalized spacial score (nSPS) is 14.0. The molecule has 0 N–H and O–H groups in total. The lowest BCUT2D eigenvalue weighted by Crippen LogP contribution is -2.05. The van der Waals surface area contributed by atoms with Crippen LogP contribution < -0.4 is 0 Å². The maximum absolute atomic E-state index is 13.6. The van der Waals surface area contributed by atoms with Crippen LogP contribution in [0, 0.1) is 5.92 Å². The van der Waals surface area contributed by atoms with Gasteiger partial charge in [0.1, 0.15) is 5.06 Å². The third kappa shape index (κ3) is 15.4. The molecule has 8 heteroatoms. The number of allylic oxidation sites excluding steroid dienone is 7. The van der Waals surface area contributed by atoms with E-state index in [0.29, 0.717) is 6.42 Å². The van der Waals surface area contributed by atoms with Gasteiger partial charge in [-0.1, -0.05) is 47.9 Å². The molecule has 0 radical (unpaired) electrons. The van der Waals surface area contributed by atoms with Crippen molar-refractivity contribution >= 4 is 15.2 Å². The Morgan fingerprint density at radius 3 is 1.46 bits per heavy atom. The lowest BCUT2D eigenvalue weighted by molar-refractivity contribution is 0.214. The van der Waals surface area contributed by atoms with Gasteiger partial charge in [-0.05, 0) is 106 Å². The summed E-state index contributed by atoms with van der Waals surface area (Å²) >= 11 is 0. The van der Waals surface area contributed by atoms with Gasteiger partial charge in [-0.25, -0.2) is 0 Å². The highest BCUT2D eigenvalue weighted by Gasteiger charge is 2.44. The van der Waals surface area contributed by atoms with Crippen molar-refractivity contribution in [2.24, 2.45) is 5.92 Å². The number of rotatable bonds is 21. The molecule has 0 heterocycles. The molecule has 1 atom stereocenters. The van der Waals surface area contributed by atoms with Crippen molar-refractivity contribution in [3.8, 4) is 0 Å². The van der Waals surface area contributed by atoms with Gasteiger partial charge in [-0.15, -0.1) is 0 Å². The zero-order chi connectivity index (χ0) is 28.3. The molecule has 37 heavy (non-hydrogen) atoms. The molecule has 1 unspecified atom stereocenters. The maximum atomic E-state index is 13.6. The molecule has 0 spiro atoms. The zero-order valence-corrected chi connectivity index (χ0v) is 26.8. The van der Waals surface area contributed by atoms with Crippen LogP contribution in [0.15, 0.2) is 46.1 Å². The lowest BCUT2D eigenvalue weighted by Gasteiger charge is -2.26. The number of hydrogen-bond acceptors (Lipinski definition) is 6. The fourth-order valence-corrected chi connectivity index (χ4v) is 8.36. The summed E-state index contributed by atoms with van der Waals surface area (Å²) < 4.78 is 49.3. The first-order valence-corrected chi connectivity index (χ1v) is 17.0. The Morgan fingerprint density at radius 2 is 1.05 bits per heavy atom. The smallest absolute Gasteiger partial charge is 0.305 e. The second kappa shape index (κ2) is 20.2. The average Bonchev–Trinajstić information content (AvgIpc) is 2.79. The van der Waals surface area contributed by atoms with Crippen LogP contribution in [0.2, 0.25) is 0 Å². The molecule has 0 aromatic heterocycles. The molecule has 0 saturated carbocycles. The van der Waals surface area contributed by atoms with E-state index in [1.807, 2.05) is 0 Å². The van der Waals surface area contributed by atoms with Crippen LogP contribution in [0.25, 0.3) is 0 Å². The van der Waals surface area contributed by atoms with Crippen molar-refractivity contribution in [3.63, 3.8) is 0 Å². The van der Waals surface area contributed by atoms with Crippen LogP contribution in [-0.2, 0) is 27.2 Å². The van der Waals surface area contributed by atoms with Crippen LogP contribution in [0.5, 0.6) is 0 Å². The van der Waals surface area contributed by atoms with Crippen molar-refractivity contribution in [2.45, 2.75) is 107 Å². The van der Waals surface area contributed by atoms with E-state index in [2.05, 4.69) is 52.8 Å². The highest BCUT2D eigenvalue weighted by molar-refractivity contribution is 7.78. The quantitative estimate of drug-likeness (QED) is 0.103. The first kappa shape index (κ1) is 36.3. The first-order valence-electron chi connectivity index (χ1n) is 13.9. The predicted octanol–water partition coefficient (Wildman–Crippen LogP) is 10.6. The lowest BCUT2D eigenvalue weighted by atomic mass is 10.00. The first-order chi connectivity index (χ1) is 17.5. The topological polar surface area (TPSA) is 71.1 Å². The molecule has 0 amide bonds. The molecular formula is C29H54O6P2. The minimum atomic E-state index is -3.81. The van der Waals surface area contributed by atoms with E-state index in [0.717, 1.165) is 38.5 Å². The van der Waals surface area contributed by atoms with Crippen LogP contribution in [-0.4, -0.2) is 26.4 Å². The van der Waals surface area contributed by atoms with Crippen molar-refractivity contribution in [1.29, 1.82) is 0 Å². The summed E-state index contributed by atoms with van der Waals surface area (Å²) in [5.41, 5.74) is 4.23. The summed E-state index contributed by atoms with van der Waals surface area (Å²) in [6.45, 7) is 18.4. The standard InChI is InChI=1S/C29H54O6P2/c1-10-32-36(30,33-11-2)29(37(31,34-12-3)35-13-4)24-23-28(9)22-16-21-27(8)20-15-19-26(7)18-14-17-25(5)6/h17,19,21,24,28H,10-16,18,20,22-23H2,1-9H3. The molecule has 0 aliphatic rings. The van der Waals surface area contributed by atoms with Gasteiger partial charge in [-0.2, -0.15) is 0 Å². The summed E-state index contributed by atoms with van der Waals surface area (Å²) in [6.07, 6.45) is 15.5. The Balaban J connectivity index is 5.22. The van der Waals surface area contributed by atoms with E-state index in [-0.39, 0.29) is 37.4 Å². The largest absolute Gasteiger partial charge is 0.369 e. The Bertz CT molecular complexity index is 800. The van der Waals surface area contributed by atoms with E-state index in [9.17, 15) is 9.13 Å². The zero-order valence-electron chi connectivity index (χ0n) is 25.0. The molecule has 0 saturated heterocycles. The molecule has 0 aromatic rings. The van der Waals surface area contributed by atoms with Gasteiger partial charge in [0, 0.05) is 0 Å². The predicted molar refractivity (Wildman–Crippen MR) is 158 cm³/mol. The Labute approximate surface area is 228 Å². The highest BCUT2D eigenvalue weighted by atomic mass is 31.2. The molecule has 6 nitrogen and oxygen atoms in total. The average molecular weight is 561 g/mol. The molecule has 0 rings (SSSR count). The van der Waals surface area contributed by atoms with Crippen molar-refractivity contribution in [1.82, 2.24) is 0 Å². The number of hydrogen-bond donors (Lipinski definition) is 0. The highest BCUT2D eigenvalue weighted by Crippen LogP contribution is 2.74. The van der Waals surface area contributed by atoms with Gasteiger partial charge in [-0.3, -0.25) is 9.13 Å². The van der Waals surface area contributed by atoms with Gasteiger partial charge in [0.25, 0.3) is 0 Å². The van der Waals surface area contributed by atoms with Gasteiger partial charge >= 0.3 is 15.2 Å². The van der Waals surface area contributed by atoms with Crippen molar-refractivity contribution < 1.29 is 27.2 Å². The monoisotopic (exact) mass is 560 g/mol. The second-order valence-electron chi connectivity index (χ2n) is 9.61. The third-order valence-electron chi connectivity index (χ3n) is 5.74. The molecule has 0 aliphatic carbocycles. The van der Waals surface area contributed by atoms with Gasteiger partial charge < -0.3 is 18.1 Å². The van der Waals surface area contributed by atoms with Crippen LogP contribution in [0.1, 0.15) is 107 Å². The summed E-state index contributed by atoms with van der Waals surface area (Å²) in [7, 11) is -7.63. The van der Waals surface area contributed by atoms with Crippen LogP contribution >= 0.6 is 15.2 Å². The van der Waals surface area contributed by atoms with E-state index in [1.165, 1.54) is 16.7 Å². The van der Waals surface area contributed by atoms with E-state index >= 15 is 0 Å². The Hall–Kier alpha value is -0.740. The fourth-order valence-electron chi connectivity index (χ4n) is 3.77. The van der Waals surface area contributed by atoms with Gasteiger partial charge in [0.05, 0.1) is 26.4 Å². The van der Waals surface area contributed by atoms with Gasteiger partial charge in [0.2, 0.25) is 0 Å². The summed E-state index contributed by atoms with van der Waals surface area (Å²) in [6, 6.07) is 0. The molecule has 0 bridgehead atoms. The van der Waals surface area contributed by atoms with Crippen molar-refractivity contribution in [3.05, 3.63) is 46.1 Å².